The van der Waals surface area contributed by atoms with Crippen LogP contribution in [0.25, 0.3) is 0 Å². The molecule has 2 aromatic rings. The number of nitrogens with one attached hydrogen (secondary N) is 1. The maximum Gasteiger partial charge on any atom is 0.122 e. The molecule has 0 unspecified atom stereocenters. The largest absolute Gasteiger partial charge is 0.493 e. The summed E-state index contributed by atoms with van der Waals surface area (Å²) in [6.07, 6.45) is 4.84. The Kier molecular flexibility index (Phi) is 3.51. The highest BCUT2D eigenvalue weighted by molar-refractivity contribution is 5.39. The average Bonchev–Trinajstić information content (AvgIpc) is 3.06. The van der Waals surface area contributed by atoms with Crippen LogP contribution in [0.2, 0.25) is 0 Å². The van der Waals surface area contributed by atoms with Gasteiger partial charge < -0.3 is 10.1 Å². The molecule has 0 aliphatic carbocycles. The van der Waals surface area contributed by atoms with Gasteiger partial charge in [0.15, 0.2) is 0 Å². The van der Waals surface area contributed by atoms with Crippen LogP contribution in [0.5, 0.6) is 5.75 Å². The van der Waals surface area contributed by atoms with E-state index in [4.69, 9.17) is 4.74 Å². The first kappa shape index (κ1) is 12.2. The summed E-state index contributed by atoms with van der Waals surface area (Å²) in [6.45, 7) is 4.77. The van der Waals surface area contributed by atoms with Crippen molar-refractivity contribution >= 4 is 0 Å². The molecule has 0 spiro atoms. The molecule has 4 heteroatoms. The van der Waals surface area contributed by atoms with Crippen LogP contribution in [0.1, 0.15) is 18.1 Å². The number of fused-ring (bicyclic) bond motifs is 1. The van der Waals surface area contributed by atoms with Crippen molar-refractivity contribution in [2.45, 2.75) is 32.5 Å². The van der Waals surface area contributed by atoms with Crippen LogP contribution in [-0.4, -0.2) is 22.4 Å². The highest BCUT2D eigenvalue weighted by Crippen LogP contribution is 2.25. The Morgan fingerprint density at radius 3 is 3.26 bits per heavy atom. The molecular formula is C15H19N3O. The molecule has 1 aliphatic heterocycles. The second-order valence-corrected chi connectivity index (χ2v) is 5.05. The zero-order valence-corrected chi connectivity index (χ0v) is 11.2. The van der Waals surface area contributed by atoms with Gasteiger partial charge in [-0.3, -0.25) is 4.68 Å². The average molecular weight is 257 g/mol. The summed E-state index contributed by atoms with van der Waals surface area (Å²) in [6, 6.07) is 8.81. The zero-order valence-electron chi connectivity index (χ0n) is 11.2. The molecule has 3 rings (SSSR count). The number of benzene rings is 1. The van der Waals surface area contributed by atoms with Gasteiger partial charge in [0.05, 0.1) is 13.2 Å². The third-order valence-corrected chi connectivity index (χ3v) is 3.43. The van der Waals surface area contributed by atoms with Crippen LogP contribution in [-0.2, 0) is 19.5 Å². The van der Waals surface area contributed by atoms with Gasteiger partial charge in [-0.15, -0.1) is 0 Å². The Hall–Kier alpha value is -1.81. The minimum atomic E-state index is 0.393. The summed E-state index contributed by atoms with van der Waals surface area (Å²) in [5.41, 5.74) is 2.65. The maximum absolute atomic E-state index is 5.52. The molecule has 0 radical (unpaired) electrons. The molecule has 0 saturated carbocycles. The molecular weight excluding hydrogens is 238 g/mol. The van der Waals surface area contributed by atoms with Crippen LogP contribution in [0.15, 0.2) is 36.7 Å². The van der Waals surface area contributed by atoms with Crippen molar-refractivity contribution in [1.82, 2.24) is 15.1 Å². The van der Waals surface area contributed by atoms with Gasteiger partial charge in [0.25, 0.3) is 0 Å². The minimum absolute atomic E-state index is 0.393. The van der Waals surface area contributed by atoms with E-state index in [1.54, 1.807) is 0 Å². The van der Waals surface area contributed by atoms with Crippen molar-refractivity contribution < 1.29 is 4.74 Å². The first-order valence-corrected chi connectivity index (χ1v) is 6.77. The Bertz CT molecular complexity index is 536. The molecule has 1 aromatic heterocycles. The molecule has 0 bridgehead atoms. The molecule has 0 saturated heterocycles. The van der Waals surface area contributed by atoms with E-state index in [0.29, 0.717) is 6.04 Å². The second-order valence-electron chi connectivity index (χ2n) is 5.05. The van der Waals surface area contributed by atoms with Crippen LogP contribution in [0, 0.1) is 0 Å². The van der Waals surface area contributed by atoms with Gasteiger partial charge in [-0.1, -0.05) is 12.1 Å². The van der Waals surface area contributed by atoms with Gasteiger partial charge in [0.1, 0.15) is 5.75 Å². The van der Waals surface area contributed by atoms with E-state index in [-0.39, 0.29) is 0 Å². The standard InChI is InChI=1S/C15H19N3O/c1-12(11-18-7-2-6-17-18)16-10-13-3-4-15-14(9-13)5-8-19-15/h2-4,6-7,9,12,16H,5,8,10-11H2,1H3/t12-/m0/s1. The lowest BCUT2D eigenvalue weighted by molar-refractivity contribution is 0.357. The van der Waals surface area contributed by atoms with E-state index < -0.39 is 0 Å². The van der Waals surface area contributed by atoms with Gasteiger partial charge in [-0.05, 0) is 30.2 Å². The zero-order chi connectivity index (χ0) is 13.1. The van der Waals surface area contributed by atoms with Crippen molar-refractivity contribution in [3.05, 3.63) is 47.8 Å². The fraction of sp³-hybridized carbons (Fsp3) is 0.400. The predicted octanol–water partition coefficient (Wildman–Crippen LogP) is 2.00. The molecule has 100 valence electrons. The number of ether oxygens (including phenoxy) is 1. The third kappa shape index (κ3) is 2.96. The smallest absolute Gasteiger partial charge is 0.122 e. The van der Waals surface area contributed by atoms with E-state index >= 15 is 0 Å². The number of hydrogen-bond donors (Lipinski definition) is 1. The SMILES string of the molecule is C[C@@H](Cn1cccn1)NCc1ccc2c(c1)CCO2. The number of hydrogen-bond acceptors (Lipinski definition) is 3. The van der Waals surface area contributed by atoms with Crippen molar-refractivity contribution in [2.75, 3.05) is 6.61 Å². The van der Waals surface area contributed by atoms with Crippen LogP contribution in [0.4, 0.5) is 0 Å². The van der Waals surface area contributed by atoms with E-state index in [0.717, 1.165) is 31.9 Å². The molecule has 1 aliphatic rings. The molecule has 1 atom stereocenters. The Labute approximate surface area is 113 Å². The lowest BCUT2D eigenvalue weighted by atomic mass is 10.1. The van der Waals surface area contributed by atoms with Crippen LogP contribution < -0.4 is 10.1 Å². The van der Waals surface area contributed by atoms with E-state index in [9.17, 15) is 0 Å². The Morgan fingerprint density at radius 1 is 1.47 bits per heavy atom. The molecule has 0 amide bonds. The van der Waals surface area contributed by atoms with Crippen LogP contribution in [0.3, 0.4) is 0 Å². The first-order chi connectivity index (χ1) is 9.31. The van der Waals surface area contributed by atoms with Gasteiger partial charge in [-0.2, -0.15) is 5.10 Å². The molecule has 19 heavy (non-hydrogen) atoms. The summed E-state index contributed by atoms with van der Waals surface area (Å²) in [5, 5.41) is 7.75. The highest BCUT2D eigenvalue weighted by atomic mass is 16.5. The number of aromatic nitrogens is 2. The number of rotatable bonds is 5. The minimum Gasteiger partial charge on any atom is -0.493 e. The molecule has 4 nitrogen and oxygen atoms in total. The lowest BCUT2D eigenvalue weighted by Crippen LogP contribution is -2.30. The second kappa shape index (κ2) is 5.45. The topological polar surface area (TPSA) is 39.1 Å². The fourth-order valence-corrected chi connectivity index (χ4v) is 2.40. The van der Waals surface area contributed by atoms with Crippen molar-refractivity contribution in [3.8, 4) is 5.75 Å². The van der Waals surface area contributed by atoms with Gasteiger partial charge in [0.2, 0.25) is 0 Å². The fourth-order valence-electron chi connectivity index (χ4n) is 2.40. The summed E-state index contributed by atoms with van der Waals surface area (Å²) in [7, 11) is 0. The first-order valence-electron chi connectivity index (χ1n) is 6.77. The Balaban J connectivity index is 1.54. The van der Waals surface area contributed by atoms with Gasteiger partial charge >= 0.3 is 0 Å². The summed E-state index contributed by atoms with van der Waals surface area (Å²) in [5.74, 6) is 1.05. The molecule has 1 aromatic carbocycles. The van der Waals surface area contributed by atoms with E-state index in [2.05, 4.69) is 35.5 Å². The number of nitrogens with zero attached hydrogens (tertiary/aromatic N) is 2. The van der Waals surface area contributed by atoms with Crippen molar-refractivity contribution in [2.24, 2.45) is 0 Å². The normalized spacial score (nSPS) is 15.0. The third-order valence-electron chi connectivity index (χ3n) is 3.43. The van der Waals surface area contributed by atoms with Crippen molar-refractivity contribution in [3.63, 3.8) is 0 Å². The van der Waals surface area contributed by atoms with E-state index in [1.165, 1.54) is 11.1 Å². The van der Waals surface area contributed by atoms with Crippen molar-refractivity contribution in [1.29, 1.82) is 0 Å². The summed E-state index contributed by atoms with van der Waals surface area (Å²) < 4.78 is 7.47. The molecule has 0 fully saturated rings. The maximum atomic E-state index is 5.52. The summed E-state index contributed by atoms with van der Waals surface area (Å²) in [4.78, 5) is 0. The summed E-state index contributed by atoms with van der Waals surface area (Å²) >= 11 is 0. The monoisotopic (exact) mass is 257 g/mol. The lowest BCUT2D eigenvalue weighted by Gasteiger charge is -2.14. The van der Waals surface area contributed by atoms with Gasteiger partial charge in [-0.25, -0.2) is 0 Å². The Morgan fingerprint density at radius 2 is 2.42 bits per heavy atom. The molecule has 2 heterocycles. The van der Waals surface area contributed by atoms with E-state index in [1.807, 2.05) is 23.1 Å². The predicted molar refractivity (Wildman–Crippen MR) is 74.2 cm³/mol. The quantitative estimate of drug-likeness (QED) is 0.890. The van der Waals surface area contributed by atoms with Crippen LogP contribution >= 0.6 is 0 Å². The molecule has 1 N–H and O–H groups in total. The highest BCUT2D eigenvalue weighted by Gasteiger charge is 2.12. The van der Waals surface area contributed by atoms with Gasteiger partial charge in [0, 0.05) is 31.4 Å².